The number of aromatic nitrogens is 2. The highest BCUT2D eigenvalue weighted by Gasteiger charge is 2.45. The van der Waals surface area contributed by atoms with Crippen LogP contribution in [0.15, 0.2) is 22.9 Å². The van der Waals surface area contributed by atoms with Crippen molar-refractivity contribution in [2.45, 2.75) is 18.4 Å². The predicted molar refractivity (Wildman–Crippen MR) is 83.1 cm³/mol. The summed E-state index contributed by atoms with van der Waals surface area (Å²) in [5.41, 5.74) is 6.43. The van der Waals surface area contributed by atoms with E-state index in [0.717, 1.165) is 0 Å². The van der Waals surface area contributed by atoms with Crippen molar-refractivity contribution in [3.05, 3.63) is 22.9 Å². The van der Waals surface area contributed by atoms with E-state index in [9.17, 15) is 8.78 Å². The molecule has 2 aromatic rings. The molecule has 0 amide bonds. The van der Waals surface area contributed by atoms with Crippen molar-refractivity contribution in [1.29, 1.82) is 0 Å². The minimum atomic E-state index is -2.93. The van der Waals surface area contributed by atoms with Gasteiger partial charge in [0.25, 0.3) is 5.92 Å². The van der Waals surface area contributed by atoms with Gasteiger partial charge in [-0.3, -0.25) is 0 Å². The summed E-state index contributed by atoms with van der Waals surface area (Å²) in [5, 5.41) is 0.451. The number of likely N-dealkylation sites (tertiary alicyclic amines) is 1. The summed E-state index contributed by atoms with van der Waals surface area (Å²) in [6.07, 6.45) is 0.365. The Bertz CT molecular complexity index is 713. The minimum absolute atomic E-state index is 0.206. The van der Waals surface area contributed by atoms with Gasteiger partial charge in [-0.15, -0.1) is 0 Å². The van der Waals surface area contributed by atoms with E-state index in [1.807, 2.05) is 0 Å². The van der Waals surface area contributed by atoms with Gasteiger partial charge in [0, 0.05) is 13.0 Å². The van der Waals surface area contributed by atoms with Gasteiger partial charge in [-0.25, -0.2) is 18.7 Å². The van der Waals surface area contributed by atoms with Crippen LogP contribution in [0.2, 0.25) is 0 Å². The molecule has 0 radical (unpaired) electrons. The maximum absolute atomic E-state index is 14.2. The van der Waals surface area contributed by atoms with E-state index in [-0.39, 0.29) is 24.5 Å². The molecule has 0 saturated carbocycles. The van der Waals surface area contributed by atoms with Gasteiger partial charge in [-0.2, -0.15) is 0 Å². The van der Waals surface area contributed by atoms with Crippen molar-refractivity contribution in [1.82, 2.24) is 14.9 Å². The fourth-order valence-corrected chi connectivity index (χ4v) is 3.04. The number of ether oxygens (including phenoxy) is 1. The summed E-state index contributed by atoms with van der Waals surface area (Å²) >= 11 is 3.34. The third kappa shape index (κ3) is 2.72. The lowest BCUT2D eigenvalue weighted by Gasteiger charge is -2.36. The van der Waals surface area contributed by atoms with Crippen LogP contribution >= 0.6 is 15.9 Å². The van der Waals surface area contributed by atoms with Crippen LogP contribution in [0.25, 0.3) is 10.9 Å². The first-order valence-electron chi connectivity index (χ1n) is 6.80. The van der Waals surface area contributed by atoms with Crippen molar-refractivity contribution >= 4 is 32.7 Å². The molecule has 0 spiro atoms. The number of nitrogens with two attached hydrogens (primary N) is 1. The second-order valence-electron chi connectivity index (χ2n) is 5.42. The van der Waals surface area contributed by atoms with Crippen molar-refractivity contribution in [3.8, 4) is 5.75 Å². The lowest BCUT2D eigenvalue weighted by Crippen LogP contribution is -2.52. The average Bonchev–Trinajstić information content (AvgIpc) is 2.44. The number of nitrogen functional groups attached to an aromatic ring is 1. The molecule has 1 aliphatic heterocycles. The topological polar surface area (TPSA) is 64.3 Å². The number of alkyl halides is 2. The number of nitrogens with zero attached hydrogens (tertiary/aromatic N) is 3. The molecule has 0 aliphatic carbocycles. The number of anilines is 1. The molecule has 1 aliphatic rings. The zero-order chi connectivity index (χ0) is 15.9. The number of hydrogen-bond donors (Lipinski definition) is 1. The van der Waals surface area contributed by atoms with Crippen LogP contribution in [0.3, 0.4) is 0 Å². The smallest absolute Gasteiger partial charge is 0.296 e. The largest absolute Gasteiger partial charge is 0.482 e. The molecule has 118 valence electrons. The van der Waals surface area contributed by atoms with Crippen LogP contribution in [0.4, 0.5) is 14.6 Å². The number of rotatable bonds is 2. The van der Waals surface area contributed by atoms with E-state index < -0.39 is 12.0 Å². The van der Waals surface area contributed by atoms with Gasteiger partial charge in [0.1, 0.15) is 17.9 Å². The van der Waals surface area contributed by atoms with Crippen LogP contribution in [-0.4, -0.2) is 47.0 Å². The first-order chi connectivity index (χ1) is 10.4. The van der Waals surface area contributed by atoms with Gasteiger partial charge < -0.3 is 15.4 Å². The molecule has 1 unspecified atom stereocenters. The van der Waals surface area contributed by atoms with Crippen molar-refractivity contribution in [2.24, 2.45) is 0 Å². The molecule has 2 heterocycles. The molecule has 0 bridgehead atoms. The molecule has 2 N–H and O–H groups in total. The highest BCUT2D eigenvalue weighted by Crippen LogP contribution is 2.39. The van der Waals surface area contributed by atoms with Crippen LogP contribution in [0.5, 0.6) is 5.75 Å². The zero-order valence-corrected chi connectivity index (χ0v) is 13.5. The second-order valence-corrected chi connectivity index (χ2v) is 6.28. The van der Waals surface area contributed by atoms with Crippen molar-refractivity contribution < 1.29 is 13.5 Å². The van der Waals surface area contributed by atoms with Gasteiger partial charge in [-0.1, -0.05) is 0 Å². The zero-order valence-electron chi connectivity index (χ0n) is 11.9. The van der Waals surface area contributed by atoms with Crippen LogP contribution < -0.4 is 10.5 Å². The Labute approximate surface area is 134 Å². The number of hydrogen-bond acceptors (Lipinski definition) is 5. The third-order valence-corrected chi connectivity index (χ3v) is 4.35. The first kappa shape index (κ1) is 15.4. The molecule has 1 aromatic carbocycles. The second kappa shape index (κ2) is 5.58. The Morgan fingerprint density at radius 2 is 2.18 bits per heavy atom. The van der Waals surface area contributed by atoms with E-state index in [4.69, 9.17) is 10.5 Å². The van der Waals surface area contributed by atoms with E-state index in [2.05, 4.69) is 25.9 Å². The minimum Gasteiger partial charge on any atom is -0.482 e. The monoisotopic (exact) mass is 372 g/mol. The molecule has 22 heavy (non-hydrogen) atoms. The molecule has 8 heteroatoms. The molecule has 3 rings (SSSR count). The van der Waals surface area contributed by atoms with Crippen molar-refractivity contribution in [3.63, 3.8) is 0 Å². The summed E-state index contributed by atoms with van der Waals surface area (Å²) in [6.45, 7) is 0.223. The molecular weight excluding hydrogens is 358 g/mol. The Kier molecular flexibility index (Phi) is 3.90. The summed E-state index contributed by atoms with van der Waals surface area (Å²) in [5.74, 6) is -2.46. The highest BCUT2D eigenvalue weighted by atomic mass is 79.9. The summed E-state index contributed by atoms with van der Waals surface area (Å²) < 4.78 is 34.6. The maximum atomic E-state index is 14.2. The summed E-state index contributed by atoms with van der Waals surface area (Å²) in [6, 6.07) is 3.44. The van der Waals surface area contributed by atoms with Crippen molar-refractivity contribution in [2.75, 3.05) is 25.9 Å². The quantitative estimate of drug-likeness (QED) is 0.877. The Balaban J connectivity index is 2.02. The van der Waals surface area contributed by atoms with E-state index in [1.54, 1.807) is 24.1 Å². The lowest BCUT2D eigenvalue weighted by molar-refractivity contribution is -0.134. The van der Waals surface area contributed by atoms with Gasteiger partial charge in [-0.05, 0) is 35.1 Å². The Hall–Kier alpha value is -1.54. The van der Waals surface area contributed by atoms with Gasteiger partial charge in [0.05, 0.1) is 21.9 Å². The van der Waals surface area contributed by atoms with Gasteiger partial charge in [0.15, 0.2) is 6.10 Å². The summed E-state index contributed by atoms with van der Waals surface area (Å²) in [4.78, 5) is 9.61. The molecular formula is C14H15BrF2N4O. The SMILES string of the molecule is CN1CCC(Oc2c(Br)ccc3ncnc(N)c23)C(F)(F)C1. The standard InChI is InChI=1S/C14H15BrF2N4O/c1-21-5-4-10(14(16,17)6-21)22-12-8(15)2-3-9-11(12)13(18)20-7-19-9/h2-3,7,10H,4-6H2,1H3,(H2,18,19,20). The van der Waals surface area contributed by atoms with Crippen LogP contribution in [-0.2, 0) is 0 Å². The predicted octanol–water partition coefficient (Wildman–Crippen LogP) is 2.69. The first-order valence-corrected chi connectivity index (χ1v) is 7.59. The van der Waals surface area contributed by atoms with Gasteiger partial charge >= 0.3 is 0 Å². The molecule has 1 saturated heterocycles. The van der Waals surface area contributed by atoms with E-state index in [0.29, 0.717) is 21.9 Å². The summed E-state index contributed by atoms with van der Waals surface area (Å²) in [7, 11) is 1.67. The number of halogens is 3. The maximum Gasteiger partial charge on any atom is 0.296 e. The average molecular weight is 373 g/mol. The van der Waals surface area contributed by atoms with E-state index >= 15 is 0 Å². The lowest BCUT2D eigenvalue weighted by atomic mass is 10.0. The molecule has 1 atom stereocenters. The molecule has 1 fully saturated rings. The normalized spacial score (nSPS) is 21.9. The Morgan fingerprint density at radius 1 is 1.41 bits per heavy atom. The van der Waals surface area contributed by atoms with Crippen LogP contribution in [0, 0.1) is 0 Å². The van der Waals surface area contributed by atoms with E-state index in [1.165, 1.54) is 6.33 Å². The Morgan fingerprint density at radius 3 is 2.91 bits per heavy atom. The molecule has 5 nitrogen and oxygen atoms in total. The van der Waals surface area contributed by atoms with Gasteiger partial charge in [0.2, 0.25) is 0 Å². The number of benzene rings is 1. The number of fused-ring (bicyclic) bond motifs is 1. The van der Waals surface area contributed by atoms with Crippen LogP contribution in [0.1, 0.15) is 6.42 Å². The molecule has 1 aromatic heterocycles. The fraction of sp³-hybridized carbons (Fsp3) is 0.429. The number of piperidine rings is 1. The highest BCUT2D eigenvalue weighted by molar-refractivity contribution is 9.10. The fourth-order valence-electron chi connectivity index (χ4n) is 2.61. The third-order valence-electron chi connectivity index (χ3n) is 3.72.